The highest BCUT2D eigenvalue weighted by molar-refractivity contribution is 6.30. The fourth-order valence-corrected chi connectivity index (χ4v) is 4.20. The molecule has 0 radical (unpaired) electrons. The van der Waals surface area contributed by atoms with E-state index in [-0.39, 0.29) is 25.0 Å². The van der Waals surface area contributed by atoms with Crippen LogP contribution >= 0.6 is 11.6 Å². The molecule has 2 aliphatic rings. The topological polar surface area (TPSA) is 75.7 Å². The third kappa shape index (κ3) is 3.75. The summed E-state index contributed by atoms with van der Waals surface area (Å²) in [6.45, 7) is 3.77. The molecule has 31 heavy (non-hydrogen) atoms. The summed E-state index contributed by atoms with van der Waals surface area (Å²) in [5.41, 5.74) is 3.24. The monoisotopic (exact) mass is 436 g/mol. The Labute approximate surface area is 185 Å². The maximum Gasteiger partial charge on any atom is 0.336 e. The molecule has 0 fully saturated rings. The quantitative estimate of drug-likeness (QED) is 0.565. The van der Waals surface area contributed by atoms with Crippen LogP contribution in [0, 0.1) is 0 Å². The molecule has 2 aromatic carbocycles. The average molecular weight is 437 g/mol. The minimum atomic E-state index is -0.501. The Morgan fingerprint density at radius 3 is 2.39 bits per heavy atom. The lowest BCUT2D eigenvalue weighted by atomic mass is 9.82. The SMILES string of the molecule is CCOC(=O)C1=C(CN2C(=O)c3ccccc3C2=O)NC=C(C)C1c1cccc(Cl)c1. The zero-order valence-corrected chi connectivity index (χ0v) is 17.9. The Morgan fingerprint density at radius 1 is 1.10 bits per heavy atom. The molecule has 0 bridgehead atoms. The number of rotatable bonds is 5. The van der Waals surface area contributed by atoms with Crippen LogP contribution < -0.4 is 5.32 Å². The zero-order chi connectivity index (χ0) is 22.1. The largest absolute Gasteiger partial charge is 0.463 e. The molecule has 1 atom stereocenters. The van der Waals surface area contributed by atoms with Crippen LogP contribution in [0.5, 0.6) is 0 Å². The van der Waals surface area contributed by atoms with Gasteiger partial charge < -0.3 is 10.1 Å². The van der Waals surface area contributed by atoms with Gasteiger partial charge in [0, 0.05) is 22.8 Å². The van der Waals surface area contributed by atoms with Crippen LogP contribution in [0.25, 0.3) is 0 Å². The van der Waals surface area contributed by atoms with E-state index in [1.54, 1.807) is 49.5 Å². The molecule has 0 aliphatic carbocycles. The van der Waals surface area contributed by atoms with Gasteiger partial charge in [0.25, 0.3) is 11.8 Å². The van der Waals surface area contributed by atoms with E-state index in [1.807, 2.05) is 19.1 Å². The number of hydrogen-bond donors (Lipinski definition) is 1. The number of fused-ring (bicyclic) bond motifs is 1. The number of nitrogens with zero attached hydrogens (tertiary/aromatic N) is 1. The van der Waals surface area contributed by atoms with Crippen molar-refractivity contribution in [2.75, 3.05) is 13.2 Å². The van der Waals surface area contributed by atoms with Crippen LogP contribution in [-0.2, 0) is 9.53 Å². The minimum Gasteiger partial charge on any atom is -0.463 e. The summed E-state index contributed by atoms with van der Waals surface area (Å²) in [5.74, 6) is -1.68. The van der Waals surface area contributed by atoms with Crippen molar-refractivity contribution >= 4 is 29.4 Å². The fraction of sp³-hybridized carbons (Fsp3) is 0.208. The number of hydrogen-bond acceptors (Lipinski definition) is 5. The molecule has 6 nitrogen and oxygen atoms in total. The van der Waals surface area contributed by atoms with E-state index < -0.39 is 11.9 Å². The third-order valence-corrected chi connectivity index (χ3v) is 5.65. The van der Waals surface area contributed by atoms with Crippen molar-refractivity contribution in [1.82, 2.24) is 10.2 Å². The second-order valence-electron chi connectivity index (χ2n) is 7.38. The molecule has 7 heteroatoms. The number of amides is 2. The smallest absolute Gasteiger partial charge is 0.336 e. The van der Waals surface area contributed by atoms with Gasteiger partial charge in [-0.2, -0.15) is 0 Å². The summed E-state index contributed by atoms with van der Waals surface area (Å²) < 4.78 is 5.34. The molecule has 0 spiro atoms. The summed E-state index contributed by atoms with van der Waals surface area (Å²) in [5, 5.41) is 3.66. The first-order chi connectivity index (χ1) is 14.9. The van der Waals surface area contributed by atoms with Crippen molar-refractivity contribution in [3.63, 3.8) is 0 Å². The van der Waals surface area contributed by atoms with Gasteiger partial charge in [-0.15, -0.1) is 0 Å². The van der Waals surface area contributed by atoms with Crippen LogP contribution in [0.2, 0.25) is 5.02 Å². The van der Waals surface area contributed by atoms with Gasteiger partial charge in [-0.3, -0.25) is 14.5 Å². The lowest BCUT2D eigenvalue weighted by molar-refractivity contribution is -0.138. The van der Waals surface area contributed by atoms with Gasteiger partial charge >= 0.3 is 5.97 Å². The van der Waals surface area contributed by atoms with Crippen molar-refractivity contribution in [2.45, 2.75) is 19.8 Å². The van der Waals surface area contributed by atoms with Crippen LogP contribution in [0.15, 0.2) is 71.6 Å². The molecular formula is C24H21ClN2O4. The summed E-state index contributed by atoms with van der Waals surface area (Å²) in [7, 11) is 0. The highest BCUT2D eigenvalue weighted by Crippen LogP contribution is 2.37. The van der Waals surface area contributed by atoms with Gasteiger partial charge in [-0.1, -0.05) is 35.9 Å². The number of imide groups is 1. The Kier molecular flexibility index (Phi) is 5.65. The van der Waals surface area contributed by atoms with E-state index in [1.165, 1.54) is 0 Å². The lowest BCUT2D eigenvalue weighted by Gasteiger charge is -2.30. The van der Waals surface area contributed by atoms with Gasteiger partial charge in [-0.05, 0) is 49.2 Å². The predicted octanol–water partition coefficient (Wildman–Crippen LogP) is 4.04. The van der Waals surface area contributed by atoms with Gasteiger partial charge in [0.2, 0.25) is 0 Å². The van der Waals surface area contributed by atoms with Gasteiger partial charge in [0.15, 0.2) is 0 Å². The standard InChI is InChI=1S/C24H21ClN2O4/c1-3-31-24(30)21-19(13-27-22(28)17-9-4-5-10-18(17)23(27)29)26-12-14(2)20(21)15-7-6-8-16(25)11-15/h4-12,20,26H,3,13H2,1-2H3. The maximum absolute atomic E-state index is 13.0. The van der Waals surface area contributed by atoms with E-state index in [0.717, 1.165) is 16.0 Å². The second-order valence-corrected chi connectivity index (χ2v) is 7.81. The molecule has 2 aliphatic heterocycles. The second kappa shape index (κ2) is 8.40. The van der Waals surface area contributed by atoms with Gasteiger partial charge in [0.1, 0.15) is 0 Å². The van der Waals surface area contributed by atoms with Crippen LogP contribution in [0.1, 0.15) is 46.0 Å². The number of allylic oxidation sites excluding steroid dienone is 1. The maximum atomic E-state index is 13.0. The number of dihydropyridines is 1. The number of nitrogens with one attached hydrogen (secondary N) is 1. The number of benzene rings is 2. The minimum absolute atomic E-state index is 0.0681. The first-order valence-corrected chi connectivity index (χ1v) is 10.3. The fourth-order valence-electron chi connectivity index (χ4n) is 4.00. The molecule has 0 aromatic heterocycles. The number of carbonyl (C=O) groups excluding carboxylic acids is 3. The Hall–Kier alpha value is -3.38. The molecule has 0 saturated carbocycles. The number of carbonyl (C=O) groups is 3. The summed E-state index contributed by atoms with van der Waals surface area (Å²) in [4.78, 5) is 39.9. The van der Waals surface area contributed by atoms with E-state index in [4.69, 9.17) is 16.3 Å². The Morgan fingerprint density at radius 2 is 1.77 bits per heavy atom. The van der Waals surface area contributed by atoms with Crippen LogP contribution in [0.3, 0.4) is 0 Å². The molecule has 1 unspecified atom stereocenters. The molecule has 2 aromatic rings. The lowest BCUT2D eigenvalue weighted by Crippen LogP contribution is -2.37. The first kappa shape index (κ1) is 20.9. The van der Waals surface area contributed by atoms with Crippen molar-refractivity contribution < 1.29 is 19.1 Å². The Bertz CT molecular complexity index is 1120. The molecule has 2 amide bonds. The normalized spacial score (nSPS) is 18.0. The van der Waals surface area contributed by atoms with Crippen molar-refractivity contribution in [2.24, 2.45) is 0 Å². The third-order valence-electron chi connectivity index (χ3n) is 5.41. The van der Waals surface area contributed by atoms with Crippen LogP contribution in [-0.4, -0.2) is 35.8 Å². The molecule has 158 valence electrons. The molecule has 2 heterocycles. The molecular weight excluding hydrogens is 416 g/mol. The van der Waals surface area contributed by atoms with Crippen LogP contribution in [0.4, 0.5) is 0 Å². The molecule has 0 saturated heterocycles. The van der Waals surface area contributed by atoms with E-state index >= 15 is 0 Å². The molecule has 1 N–H and O–H groups in total. The van der Waals surface area contributed by atoms with Gasteiger partial charge in [0.05, 0.1) is 29.9 Å². The highest BCUT2D eigenvalue weighted by atomic mass is 35.5. The summed E-state index contributed by atoms with van der Waals surface area (Å²) in [6.07, 6.45) is 1.78. The van der Waals surface area contributed by atoms with E-state index in [9.17, 15) is 14.4 Å². The van der Waals surface area contributed by atoms with E-state index in [2.05, 4.69) is 5.32 Å². The van der Waals surface area contributed by atoms with E-state index in [0.29, 0.717) is 27.4 Å². The number of esters is 1. The summed E-state index contributed by atoms with van der Waals surface area (Å²) >= 11 is 6.20. The predicted molar refractivity (Wildman–Crippen MR) is 117 cm³/mol. The van der Waals surface area contributed by atoms with Crippen molar-refractivity contribution in [1.29, 1.82) is 0 Å². The van der Waals surface area contributed by atoms with Crippen molar-refractivity contribution in [3.05, 3.63) is 93.3 Å². The zero-order valence-electron chi connectivity index (χ0n) is 17.1. The molecule has 4 rings (SSSR count). The Balaban J connectivity index is 1.77. The summed E-state index contributed by atoms with van der Waals surface area (Å²) in [6, 6.07) is 14.0. The number of halogens is 1. The highest BCUT2D eigenvalue weighted by Gasteiger charge is 2.38. The van der Waals surface area contributed by atoms with Crippen molar-refractivity contribution in [3.8, 4) is 0 Å². The average Bonchev–Trinajstić information content (AvgIpc) is 3.00. The number of ether oxygens (including phenoxy) is 1. The first-order valence-electron chi connectivity index (χ1n) is 9.96. The van der Waals surface area contributed by atoms with Gasteiger partial charge in [-0.25, -0.2) is 4.79 Å².